The normalized spacial score (nSPS) is 13.4. The first-order valence-electron chi connectivity index (χ1n) is 11.4. The summed E-state index contributed by atoms with van der Waals surface area (Å²) < 4.78 is 0. The molecule has 0 spiro atoms. The van der Waals surface area contributed by atoms with Crippen molar-refractivity contribution in [3.8, 4) is 0 Å². The second-order valence-electron chi connectivity index (χ2n) is 8.48. The number of hydrogen-bond acceptors (Lipinski definition) is 7. The van der Waals surface area contributed by atoms with Crippen LogP contribution in [0.15, 0.2) is 85.2 Å². The van der Waals surface area contributed by atoms with Gasteiger partial charge in [0.05, 0.1) is 17.0 Å². The number of hydrogen-bond donors (Lipinski definition) is 1. The molecule has 0 saturated heterocycles. The van der Waals surface area contributed by atoms with Crippen LogP contribution in [0.5, 0.6) is 0 Å². The molecule has 0 fully saturated rings. The predicted octanol–water partition coefficient (Wildman–Crippen LogP) is 3.96. The van der Waals surface area contributed by atoms with Crippen LogP contribution in [-0.4, -0.2) is 39.2 Å². The molecule has 1 N–H and O–H groups in total. The van der Waals surface area contributed by atoms with E-state index in [0.717, 1.165) is 15.7 Å². The number of imide groups is 1. The number of aromatic nitrogens is 1. The molecule has 1 aliphatic rings. The Bertz CT molecular complexity index is 1500. The standard InChI is InChI=1S/C27H20N4O6/c32-25(29-21-10-9-20-14-28-12-11-19(20)13-21)24(18-7-5-17(6-8-18)16-37-31(35)36)15-30-26(33)22-3-1-2-4-23(22)27(30)34/h1-14,24H,15-16H2,(H,29,32). The Morgan fingerprint density at radius 2 is 1.68 bits per heavy atom. The summed E-state index contributed by atoms with van der Waals surface area (Å²) in [6.45, 7) is -0.422. The number of pyridine rings is 1. The minimum Gasteiger partial charge on any atom is -0.325 e. The largest absolute Gasteiger partial charge is 0.325 e. The van der Waals surface area contributed by atoms with E-state index in [9.17, 15) is 24.5 Å². The molecule has 1 aromatic heterocycles. The Balaban J connectivity index is 1.43. The van der Waals surface area contributed by atoms with E-state index in [1.165, 1.54) is 0 Å². The van der Waals surface area contributed by atoms with E-state index in [0.29, 0.717) is 27.9 Å². The lowest BCUT2D eigenvalue weighted by Gasteiger charge is -2.23. The Hall–Kier alpha value is -5.12. The van der Waals surface area contributed by atoms with E-state index < -0.39 is 28.7 Å². The van der Waals surface area contributed by atoms with Crippen LogP contribution in [0.2, 0.25) is 0 Å². The summed E-state index contributed by atoms with van der Waals surface area (Å²) in [5, 5.41) is 14.3. The van der Waals surface area contributed by atoms with Crippen molar-refractivity contribution in [3.63, 3.8) is 0 Å². The molecule has 3 amide bonds. The summed E-state index contributed by atoms with van der Waals surface area (Å²) in [5.74, 6) is -2.25. The van der Waals surface area contributed by atoms with Gasteiger partial charge in [-0.1, -0.05) is 42.5 Å². The summed E-state index contributed by atoms with van der Waals surface area (Å²) in [4.78, 5) is 59.6. The average Bonchev–Trinajstić information content (AvgIpc) is 3.15. The highest BCUT2D eigenvalue weighted by Crippen LogP contribution is 2.28. The maximum absolute atomic E-state index is 13.5. The Morgan fingerprint density at radius 1 is 0.973 bits per heavy atom. The smallest absolute Gasteiger partial charge is 0.294 e. The van der Waals surface area contributed by atoms with Crippen molar-refractivity contribution in [3.05, 3.63) is 118 Å². The van der Waals surface area contributed by atoms with Crippen molar-refractivity contribution in [1.82, 2.24) is 9.88 Å². The summed E-state index contributed by atoms with van der Waals surface area (Å²) in [6.07, 6.45) is 3.37. The van der Waals surface area contributed by atoms with E-state index in [-0.39, 0.29) is 13.2 Å². The number of fused-ring (bicyclic) bond motifs is 2. The lowest BCUT2D eigenvalue weighted by atomic mass is 9.96. The number of anilines is 1. The van der Waals surface area contributed by atoms with Crippen molar-refractivity contribution < 1.29 is 24.3 Å². The summed E-state index contributed by atoms with van der Waals surface area (Å²) in [6, 6.07) is 20.2. The van der Waals surface area contributed by atoms with Crippen molar-refractivity contribution in [2.75, 3.05) is 11.9 Å². The van der Waals surface area contributed by atoms with Crippen molar-refractivity contribution in [1.29, 1.82) is 0 Å². The number of carbonyl (C=O) groups is 3. The van der Waals surface area contributed by atoms with Crippen molar-refractivity contribution >= 4 is 34.2 Å². The zero-order valence-electron chi connectivity index (χ0n) is 19.4. The number of benzene rings is 3. The Morgan fingerprint density at radius 3 is 2.35 bits per heavy atom. The van der Waals surface area contributed by atoms with Crippen molar-refractivity contribution in [2.24, 2.45) is 0 Å². The fraction of sp³-hybridized carbons (Fsp3) is 0.111. The monoisotopic (exact) mass is 496 g/mol. The minimum absolute atomic E-state index is 0.180. The molecule has 37 heavy (non-hydrogen) atoms. The van der Waals surface area contributed by atoms with E-state index in [4.69, 9.17) is 0 Å². The average molecular weight is 496 g/mol. The zero-order valence-corrected chi connectivity index (χ0v) is 19.4. The van der Waals surface area contributed by atoms with E-state index in [2.05, 4.69) is 15.1 Å². The van der Waals surface area contributed by atoms with E-state index in [1.54, 1.807) is 67.0 Å². The fourth-order valence-electron chi connectivity index (χ4n) is 4.29. The van der Waals surface area contributed by atoms with Gasteiger partial charge in [-0.2, -0.15) is 0 Å². The lowest BCUT2D eigenvalue weighted by Crippen LogP contribution is -2.38. The molecule has 5 rings (SSSR count). The van der Waals surface area contributed by atoms with Gasteiger partial charge in [0.1, 0.15) is 6.61 Å². The first-order chi connectivity index (χ1) is 17.9. The van der Waals surface area contributed by atoms with Crippen LogP contribution in [0.1, 0.15) is 37.8 Å². The predicted molar refractivity (Wildman–Crippen MR) is 133 cm³/mol. The maximum atomic E-state index is 13.5. The molecule has 0 saturated carbocycles. The molecule has 1 atom stereocenters. The maximum Gasteiger partial charge on any atom is 0.294 e. The van der Waals surface area contributed by atoms with Crippen LogP contribution < -0.4 is 5.32 Å². The number of rotatable bonds is 8. The van der Waals surface area contributed by atoms with Crippen LogP contribution in [0.4, 0.5) is 5.69 Å². The van der Waals surface area contributed by atoms with Crippen LogP contribution >= 0.6 is 0 Å². The highest BCUT2D eigenvalue weighted by Gasteiger charge is 2.38. The van der Waals surface area contributed by atoms with E-state index in [1.807, 2.05) is 18.2 Å². The van der Waals surface area contributed by atoms with E-state index >= 15 is 0 Å². The fourth-order valence-corrected chi connectivity index (χ4v) is 4.29. The van der Waals surface area contributed by atoms with Gasteiger partial charge >= 0.3 is 0 Å². The molecule has 1 aliphatic heterocycles. The summed E-state index contributed by atoms with van der Waals surface area (Å²) >= 11 is 0. The van der Waals surface area contributed by atoms with Gasteiger partial charge in [0.25, 0.3) is 16.9 Å². The lowest BCUT2D eigenvalue weighted by molar-refractivity contribution is -0.763. The van der Waals surface area contributed by atoms with Gasteiger partial charge in [-0.05, 0) is 46.8 Å². The molecular formula is C27H20N4O6. The third-order valence-electron chi connectivity index (χ3n) is 6.19. The molecule has 10 heteroatoms. The molecule has 1 unspecified atom stereocenters. The Kier molecular flexibility index (Phi) is 6.29. The third-order valence-corrected chi connectivity index (χ3v) is 6.19. The SMILES string of the molecule is O=C(Nc1ccc2cnccc2c1)C(CN1C(=O)c2ccccc2C1=O)c1ccc(CO[N+](=O)[O-])cc1. The molecule has 2 heterocycles. The van der Waals surface area contributed by atoms with Gasteiger partial charge in [0.15, 0.2) is 0 Å². The van der Waals surface area contributed by atoms with Gasteiger partial charge < -0.3 is 10.2 Å². The summed E-state index contributed by atoms with van der Waals surface area (Å²) in [5.41, 5.74) is 2.20. The van der Waals surface area contributed by atoms with Crippen LogP contribution in [0, 0.1) is 10.1 Å². The molecule has 184 valence electrons. The molecule has 0 bridgehead atoms. The number of amides is 3. The summed E-state index contributed by atoms with van der Waals surface area (Å²) in [7, 11) is 0. The molecule has 0 aliphatic carbocycles. The quantitative estimate of drug-likeness (QED) is 0.222. The highest BCUT2D eigenvalue weighted by atomic mass is 16.9. The van der Waals surface area contributed by atoms with Crippen LogP contribution in [0.3, 0.4) is 0 Å². The second-order valence-corrected chi connectivity index (χ2v) is 8.48. The third kappa shape index (κ3) is 4.85. The molecule has 4 aromatic rings. The van der Waals surface area contributed by atoms with Crippen LogP contribution in [-0.2, 0) is 16.2 Å². The van der Waals surface area contributed by atoms with Crippen LogP contribution in [0.25, 0.3) is 10.8 Å². The van der Waals surface area contributed by atoms with Gasteiger partial charge in [0.2, 0.25) is 5.91 Å². The molecule has 10 nitrogen and oxygen atoms in total. The molecule has 3 aromatic carbocycles. The topological polar surface area (TPSA) is 132 Å². The van der Waals surface area contributed by atoms with Gasteiger partial charge in [0, 0.05) is 30.0 Å². The number of carbonyl (C=O) groups excluding carboxylic acids is 3. The van der Waals surface area contributed by atoms with Gasteiger partial charge in [-0.25, -0.2) is 0 Å². The second kappa shape index (κ2) is 9.86. The first-order valence-corrected chi connectivity index (χ1v) is 11.4. The van der Waals surface area contributed by atoms with Gasteiger partial charge in [-0.15, -0.1) is 10.1 Å². The highest BCUT2D eigenvalue weighted by molar-refractivity contribution is 6.21. The van der Waals surface area contributed by atoms with Crippen molar-refractivity contribution in [2.45, 2.75) is 12.5 Å². The molecule has 0 radical (unpaired) electrons. The number of nitrogens with zero attached hydrogens (tertiary/aromatic N) is 3. The van der Waals surface area contributed by atoms with Gasteiger partial charge in [-0.3, -0.25) is 24.3 Å². The first kappa shape index (κ1) is 23.6. The number of nitrogens with one attached hydrogen (secondary N) is 1. The minimum atomic E-state index is -0.902. The molecular weight excluding hydrogens is 476 g/mol. The Labute approximate surface area is 210 Å². The zero-order chi connectivity index (χ0) is 25.9.